The SMILES string of the molecule is COC(C)CCC(=O)NCC1CCCC(N)C1. The fraction of sp³-hybridized carbons (Fsp3) is 0.923. The highest BCUT2D eigenvalue weighted by molar-refractivity contribution is 5.75. The second-order valence-electron chi connectivity index (χ2n) is 5.18. The van der Waals surface area contributed by atoms with Crippen LogP contribution in [0.5, 0.6) is 0 Å². The van der Waals surface area contributed by atoms with Gasteiger partial charge in [0.1, 0.15) is 0 Å². The van der Waals surface area contributed by atoms with Crippen LogP contribution in [0.2, 0.25) is 0 Å². The predicted molar refractivity (Wildman–Crippen MR) is 68.6 cm³/mol. The van der Waals surface area contributed by atoms with Gasteiger partial charge in [-0.15, -0.1) is 0 Å². The Labute approximate surface area is 104 Å². The summed E-state index contributed by atoms with van der Waals surface area (Å²) in [6.45, 7) is 2.77. The molecule has 3 N–H and O–H groups in total. The number of carbonyl (C=O) groups excluding carboxylic acids is 1. The van der Waals surface area contributed by atoms with Crippen LogP contribution in [0.3, 0.4) is 0 Å². The lowest BCUT2D eigenvalue weighted by Gasteiger charge is -2.26. The van der Waals surface area contributed by atoms with Crippen molar-refractivity contribution in [1.29, 1.82) is 0 Å². The van der Waals surface area contributed by atoms with Crippen LogP contribution in [0.1, 0.15) is 45.4 Å². The fourth-order valence-corrected chi connectivity index (χ4v) is 2.32. The van der Waals surface area contributed by atoms with E-state index in [9.17, 15) is 4.79 Å². The molecule has 100 valence electrons. The normalized spacial score (nSPS) is 26.5. The fourth-order valence-electron chi connectivity index (χ4n) is 2.32. The Balaban J connectivity index is 2.10. The van der Waals surface area contributed by atoms with Crippen LogP contribution < -0.4 is 11.1 Å². The van der Waals surface area contributed by atoms with Crippen LogP contribution >= 0.6 is 0 Å². The van der Waals surface area contributed by atoms with E-state index in [0.717, 1.165) is 25.8 Å². The van der Waals surface area contributed by atoms with E-state index in [1.807, 2.05) is 6.92 Å². The highest BCUT2D eigenvalue weighted by Gasteiger charge is 2.19. The molecule has 0 radical (unpaired) electrons. The summed E-state index contributed by atoms with van der Waals surface area (Å²) < 4.78 is 5.11. The topological polar surface area (TPSA) is 64.3 Å². The lowest BCUT2D eigenvalue weighted by Crippen LogP contribution is -2.35. The van der Waals surface area contributed by atoms with Crippen molar-refractivity contribution in [3.8, 4) is 0 Å². The van der Waals surface area contributed by atoms with E-state index in [2.05, 4.69) is 5.32 Å². The molecule has 0 spiro atoms. The van der Waals surface area contributed by atoms with Gasteiger partial charge < -0.3 is 15.8 Å². The summed E-state index contributed by atoms with van der Waals surface area (Å²) in [5.41, 5.74) is 5.92. The van der Waals surface area contributed by atoms with Gasteiger partial charge in [0.2, 0.25) is 5.91 Å². The van der Waals surface area contributed by atoms with E-state index < -0.39 is 0 Å². The van der Waals surface area contributed by atoms with Crippen molar-refractivity contribution in [1.82, 2.24) is 5.32 Å². The number of rotatable bonds is 6. The zero-order valence-electron chi connectivity index (χ0n) is 11.1. The summed E-state index contributed by atoms with van der Waals surface area (Å²) in [5.74, 6) is 0.704. The van der Waals surface area contributed by atoms with Crippen molar-refractivity contribution in [2.75, 3.05) is 13.7 Å². The largest absolute Gasteiger partial charge is 0.382 e. The first-order valence-corrected chi connectivity index (χ1v) is 6.67. The lowest BCUT2D eigenvalue weighted by atomic mass is 9.86. The molecule has 17 heavy (non-hydrogen) atoms. The van der Waals surface area contributed by atoms with Crippen LogP contribution in [0.25, 0.3) is 0 Å². The monoisotopic (exact) mass is 242 g/mol. The molecule has 0 heterocycles. The summed E-state index contributed by atoms with van der Waals surface area (Å²) in [7, 11) is 1.67. The third-order valence-corrected chi connectivity index (χ3v) is 3.59. The Morgan fingerprint density at radius 3 is 2.94 bits per heavy atom. The van der Waals surface area contributed by atoms with Gasteiger partial charge in [0.15, 0.2) is 0 Å². The molecule has 1 rings (SSSR count). The van der Waals surface area contributed by atoms with E-state index in [1.165, 1.54) is 12.8 Å². The number of methoxy groups -OCH3 is 1. The minimum Gasteiger partial charge on any atom is -0.382 e. The molecule has 3 atom stereocenters. The van der Waals surface area contributed by atoms with Crippen molar-refractivity contribution in [3.05, 3.63) is 0 Å². The van der Waals surface area contributed by atoms with Crippen molar-refractivity contribution in [3.63, 3.8) is 0 Å². The van der Waals surface area contributed by atoms with Gasteiger partial charge in [0.05, 0.1) is 6.10 Å². The van der Waals surface area contributed by atoms with Gasteiger partial charge in [-0.05, 0) is 38.5 Å². The van der Waals surface area contributed by atoms with Gasteiger partial charge in [-0.3, -0.25) is 4.79 Å². The molecule has 1 aliphatic carbocycles. The first-order chi connectivity index (χ1) is 8.11. The molecule has 0 aromatic heterocycles. The number of hydrogen-bond acceptors (Lipinski definition) is 3. The number of nitrogens with two attached hydrogens (primary N) is 1. The second-order valence-corrected chi connectivity index (χ2v) is 5.18. The van der Waals surface area contributed by atoms with Crippen LogP contribution in [-0.2, 0) is 9.53 Å². The molecule has 1 saturated carbocycles. The maximum Gasteiger partial charge on any atom is 0.220 e. The smallest absolute Gasteiger partial charge is 0.220 e. The molecule has 1 aliphatic rings. The summed E-state index contributed by atoms with van der Waals surface area (Å²) in [6, 6.07) is 0.333. The van der Waals surface area contributed by atoms with Crippen LogP contribution in [0.4, 0.5) is 0 Å². The Bertz CT molecular complexity index is 233. The molecule has 0 aliphatic heterocycles. The summed E-state index contributed by atoms with van der Waals surface area (Å²) in [5, 5.41) is 3.00. The number of amides is 1. The Morgan fingerprint density at radius 2 is 2.29 bits per heavy atom. The Kier molecular flexibility index (Phi) is 6.52. The van der Waals surface area contributed by atoms with E-state index in [1.54, 1.807) is 7.11 Å². The van der Waals surface area contributed by atoms with E-state index in [-0.39, 0.29) is 12.0 Å². The van der Waals surface area contributed by atoms with Crippen molar-refractivity contribution >= 4 is 5.91 Å². The maximum absolute atomic E-state index is 11.6. The number of nitrogens with one attached hydrogen (secondary N) is 1. The van der Waals surface area contributed by atoms with Crippen LogP contribution in [0, 0.1) is 5.92 Å². The van der Waals surface area contributed by atoms with E-state index >= 15 is 0 Å². The molecular formula is C13H26N2O2. The molecule has 1 amide bonds. The zero-order chi connectivity index (χ0) is 12.7. The van der Waals surface area contributed by atoms with Crippen molar-refractivity contribution in [2.24, 2.45) is 11.7 Å². The predicted octanol–water partition coefficient (Wildman–Crippen LogP) is 1.44. The van der Waals surface area contributed by atoms with Crippen LogP contribution in [0.15, 0.2) is 0 Å². The summed E-state index contributed by atoms with van der Waals surface area (Å²) in [6.07, 6.45) is 6.07. The molecular weight excluding hydrogens is 216 g/mol. The second kappa shape index (κ2) is 7.67. The quantitative estimate of drug-likeness (QED) is 0.740. The van der Waals surface area contributed by atoms with Gasteiger partial charge in [0.25, 0.3) is 0 Å². The van der Waals surface area contributed by atoms with Gasteiger partial charge in [-0.2, -0.15) is 0 Å². The van der Waals surface area contributed by atoms with Crippen LogP contribution in [-0.4, -0.2) is 31.7 Å². The average Bonchev–Trinajstić information content (AvgIpc) is 2.33. The van der Waals surface area contributed by atoms with Crippen molar-refractivity contribution < 1.29 is 9.53 Å². The van der Waals surface area contributed by atoms with Crippen molar-refractivity contribution in [2.45, 2.75) is 57.6 Å². The number of ether oxygens (including phenoxy) is 1. The highest BCUT2D eigenvalue weighted by Crippen LogP contribution is 2.22. The van der Waals surface area contributed by atoms with Gasteiger partial charge in [-0.25, -0.2) is 0 Å². The first-order valence-electron chi connectivity index (χ1n) is 6.67. The molecule has 0 aromatic rings. The van der Waals surface area contributed by atoms with E-state index in [0.29, 0.717) is 18.4 Å². The molecule has 0 aromatic carbocycles. The van der Waals surface area contributed by atoms with Gasteiger partial charge >= 0.3 is 0 Å². The molecule has 4 nitrogen and oxygen atoms in total. The van der Waals surface area contributed by atoms with Gasteiger partial charge in [-0.1, -0.05) is 6.42 Å². The maximum atomic E-state index is 11.6. The zero-order valence-corrected chi connectivity index (χ0v) is 11.1. The third-order valence-electron chi connectivity index (χ3n) is 3.59. The molecule has 0 bridgehead atoms. The standard InChI is InChI=1S/C13H26N2O2/c1-10(17-2)6-7-13(16)15-9-11-4-3-5-12(14)8-11/h10-12H,3-9,14H2,1-2H3,(H,15,16). The third kappa shape index (κ3) is 6.03. The number of hydrogen-bond donors (Lipinski definition) is 2. The highest BCUT2D eigenvalue weighted by atomic mass is 16.5. The minimum absolute atomic E-state index is 0.132. The molecule has 4 heteroatoms. The summed E-state index contributed by atoms with van der Waals surface area (Å²) >= 11 is 0. The molecule has 3 unspecified atom stereocenters. The van der Waals surface area contributed by atoms with Gasteiger partial charge in [0, 0.05) is 26.1 Å². The Morgan fingerprint density at radius 1 is 1.53 bits per heavy atom. The molecule has 0 saturated heterocycles. The Hall–Kier alpha value is -0.610. The first kappa shape index (κ1) is 14.5. The lowest BCUT2D eigenvalue weighted by molar-refractivity contribution is -0.121. The summed E-state index contributed by atoms with van der Waals surface area (Å²) in [4.78, 5) is 11.6. The minimum atomic E-state index is 0.132. The average molecular weight is 242 g/mol. The number of carbonyl (C=O) groups is 1. The van der Waals surface area contributed by atoms with E-state index in [4.69, 9.17) is 10.5 Å². The molecule has 1 fully saturated rings.